The fourth-order valence-electron chi connectivity index (χ4n) is 3.35. The molecule has 6 nitrogen and oxygen atoms in total. The molecular weight excluding hydrogens is 400 g/mol. The largest absolute Gasteiger partial charge is 0.492 e. The standard InChI is InChI=1S/C23H26N2O4S/c1-3-22(25(30(2,27)28)20-11-5-4-6-12-20)23(26)24-15-16-29-21-14-13-18-9-7-8-10-19(18)17-21/h4-14,17,22H,3,15-16H2,1-2H3,(H,24,26). The van der Waals surface area contributed by atoms with Crippen molar-refractivity contribution < 1.29 is 17.9 Å². The summed E-state index contributed by atoms with van der Waals surface area (Å²) >= 11 is 0. The molecule has 3 aromatic rings. The fourth-order valence-corrected chi connectivity index (χ4v) is 4.57. The lowest BCUT2D eigenvalue weighted by atomic mass is 10.1. The third kappa shape index (κ3) is 5.30. The van der Waals surface area contributed by atoms with Crippen LogP contribution in [0.25, 0.3) is 10.8 Å². The van der Waals surface area contributed by atoms with Gasteiger partial charge in [0.05, 0.1) is 18.5 Å². The maximum atomic E-state index is 12.7. The van der Waals surface area contributed by atoms with E-state index in [-0.39, 0.29) is 19.1 Å². The topological polar surface area (TPSA) is 75.7 Å². The highest BCUT2D eigenvalue weighted by molar-refractivity contribution is 7.92. The number of amides is 1. The number of nitrogens with zero attached hydrogens (tertiary/aromatic N) is 1. The highest BCUT2D eigenvalue weighted by Crippen LogP contribution is 2.22. The first-order chi connectivity index (χ1) is 14.4. The molecule has 0 saturated heterocycles. The van der Waals surface area contributed by atoms with Crippen LogP contribution in [0.2, 0.25) is 0 Å². The van der Waals surface area contributed by atoms with E-state index in [1.165, 1.54) is 4.31 Å². The molecule has 0 aromatic heterocycles. The summed E-state index contributed by atoms with van der Waals surface area (Å²) in [7, 11) is -3.63. The first-order valence-corrected chi connectivity index (χ1v) is 11.7. The maximum absolute atomic E-state index is 12.7. The van der Waals surface area contributed by atoms with Gasteiger partial charge in [0, 0.05) is 0 Å². The van der Waals surface area contributed by atoms with Crippen LogP contribution in [0.15, 0.2) is 72.8 Å². The molecule has 0 aliphatic heterocycles. The molecule has 0 spiro atoms. The minimum Gasteiger partial charge on any atom is -0.492 e. The molecule has 1 unspecified atom stereocenters. The molecule has 0 aliphatic rings. The smallest absolute Gasteiger partial charge is 0.244 e. The molecule has 30 heavy (non-hydrogen) atoms. The van der Waals surface area contributed by atoms with Crippen molar-refractivity contribution in [1.82, 2.24) is 5.32 Å². The molecule has 0 bridgehead atoms. The Morgan fingerprint density at radius 2 is 1.67 bits per heavy atom. The van der Waals surface area contributed by atoms with Gasteiger partial charge in [-0.3, -0.25) is 9.10 Å². The second-order valence-corrected chi connectivity index (χ2v) is 8.83. The van der Waals surface area contributed by atoms with Gasteiger partial charge in [-0.15, -0.1) is 0 Å². The molecule has 0 fully saturated rings. The van der Waals surface area contributed by atoms with Gasteiger partial charge >= 0.3 is 0 Å². The summed E-state index contributed by atoms with van der Waals surface area (Å²) in [4.78, 5) is 12.7. The van der Waals surface area contributed by atoms with Gasteiger partial charge in [-0.2, -0.15) is 0 Å². The third-order valence-electron chi connectivity index (χ3n) is 4.73. The second kappa shape index (κ2) is 9.63. The fraction of sp³-hybridized carbons (Fsp3) is 0.261. The lowest BCUT2D eigenvalue weighted by molar-refractivity contribution is -0.122. The Hall–Kier alpha value is -3.06. The SMILES string of the molecule is CCC(C(=O)NCCOc1ccc2ccccc2c1)N(c1ccccc1)S(C)(=O)=O. The average Bonchev–Trinajstić information content (AvgIpc) is 2.74. The van der Waals surface area contributed by atoms with E-state index in [9.17, 15) is 13.2 Å². The van der Waals surface area contributed by atoms with Crippen LogP contribution in [0.5, 0.6) is 5.75 Å². The Balaban J connectivity index is 1.61. The van der Waals surface area contributed by atoms with Crippen molar-refractivity contribution in [3.63, 3.8) is 0 Å². The molecule has 0 aliphatic carbocycles. The molecular formula is C23H26N2O4S. The number of sulfonamides is 1. The van der Waals surface area contributed by atoms with E-state index < -0.39 is 16.1 Å². The Morgan fingerprint density at radius 3 is 2.33 bits per heavy atom. The maximum Gasteiger partial charge on any atom is 0.244 e. The van der Waals surface area contributed by atoms with Gasteiger partial charge in [-0.05, 0) is 41.5 Å². The minimum absolute atomic E-state index is 0.272. The summed E-state index contributed by atoms with van der Waals surface area (Å²) in [5.74, 6) is 0.367. The van der Waals surface area contributed by atoms with Gasteiger partial charge in [-0.1, -0.05) is 55.5 Å². The number of benzene rings is 3. The molecule has 3 aromatic carbocycles. The van der Waals surface area contributed by atoms with E-state index in [4.69, 9.17) is 4.74 Å². The Kier molecular flexibility index (Phi) is 6.95. The van der Waals surface area contributed by atoms with Crippen molar-refractivity contribution in [3.05, 3.63) is 72.8 Å². The van der Waals surface area contributed by atoms with E-state index >= 15 is 0 Å². The van der Waals surface area contributed by atoms with Gasteiger partial charge in [0.1, 0.15) is 18.4 Å². The first kappa shape index (κ1) is 21.6. The first-order valence-electron chi connectivity index (χ1n) is 9.84. The summed E-state index contributed by atoms with van der Waals surface area (Å²) in [6.45, 7) is 2.34. The van der Waals surface area contributed by atoms with Crippen LogP contribution in [0, 0.1) is 0 Å². The van der Waals surface area contributed by atoms with E-state index in [0.717, 1.165) is 22.8 Å². The van der Waals surface area contributed by atoms with Crippen molar-refractivity contribution >= 4 is 32.4 Å². The Labute approximate surface area is 177 Å². The quantitative estimate of drug-likeness (QED) is 0.531. The van der Waals surface area contributed by atoms with Crippen LogP contribution in [0.3, 0.4) is 0 Å². The lowest BCUT2D eigenvalue weighted by Gasteiger charge is -2.30. The van der Waals surface area contributed by atoms with Gasteiger partial charge < -0.3 is 10.1 Å². The van der Waals surface area contributed by atoms with Crippen LogP contribution >= 0.6 is 0 Å². The zero-order chi connectivity index (χ0) is 21.6. The molecule has 0 heterocycles. The summed E-state index contributed by atoms with van der Waals surface area (Å²) < 4.78 is 31.7. The van der Waals surface area contributed by atoms with Crippen LogP contribution in [0.1, 0.15) is 13.3 Å². The van der Waals surface area contributed by atoms with Crippen molar-refractivity contribution in [2.75, 3.05) is 23.7 Å². The number of para-hydroxylation sites is 1. The molecule has 1 atom stereocenters. The minimum atomic E-state index is -3.63. The number of carbonyl (C=O) groups is 1. The van der Waals surface area contributed by atoms with Crippen LogP contribution in [0.4, 0.5) is 5.69 Å². The van der Waals surface area contributed by atoms with Crippen molar-refractivity contribution in [1.29, 1.82) is 0 Å². The Bertz CT molecular complexity index is 1100. The number of carbonyl (C=O) groups excluding carboxylic acids is 1. The van der Waals surface area contributed by atoms with Crippen molar-refractivity contribution in [2.45, 2.75) is 19.4 Å². The van der Waals surface area contributed by atoms with Crippen LogP contribution in [-0.2, 0) is 14.8 Å². The highest BCUT2D eigenvalue weighted by Gasteiger charge is 2.31. The number of hydrogen-bond acceptors (Lipinski definition) is 4. The normalized spacial score (nSPS) is 12.3. The zero-order valence-electron chi connectivity index (χ0n) is 17.1. The molecule has 0 radical (unpaired) electrons. The number of anilines is 1. The molecule has 1 amide bonds. The van der Waals surface area contributed by atoms with E-state index in [2.05, 4.69) is 5.32 Å². The monoisotopic (exact) mass is 426 g/mol. The molecule has 7 heteroatoms. The van der Waals surface area contributed by atoms with Crippen LogP contribution in [-0.4, -0.2) is 39.8 Å². The van der Waals surface area contributed by atoms with Crippen LogP contribution < -0.4 is 14.4 Å². The molecule has 158 valence electrons. The molecule has 1 N–H and O–H groups in total. The number of fused-ring (bicyclic) bond motifs is 1. The van der Waals surface area contributed by atoms with E-state index in [1.54, 1.807) is 37.3 Å². The highest BCUT2D eigenvalue weighted by atomic mass is 32.2. The Morgan fingerprint density at radius 1 is 1.00 bits per heavy atom. The van der Waals surface area contributed by atoms with E-state index in [0.29, 0.717) is 12.1 Å². The average molecular weight is 427 g/mol. The number of rotatable bonds is 9. The lowest BCUT2D eigenvalue weighted by Crippen LogP contribution is -2.49. The third-order valence-corrected chi connectivity index (χ3v) is 5.91. The van der Waals surface area contributed by atoms with Gasteiger partial charge in [0.15, 0.2) is 0 Å². The van der Waals surface area contributed by atoms with Gasteiger partial charge in [0.2, 0.25) is 15.9 Å². The van der Waals surface area contributed by atoms with Gasteiger partial charge in [0.25, 0.3) is 0 Å². The molecule has 0 saturated carbocycles. The molecule has 3 rings (SSSR count). The van der Waals surface area contributed by atoms with Gasteiger partial charge in [-0.25, -0.2) is 8.42 Å². The summed E-state index contributed by atoms with van der Waals surface area (Å²) in [6, 6.07) is 21.6. The van der Waals surface area contributed by atoms with Crippen molar-refractivity contribution in [3.8, 4) is 5.75 Å². The summed E-state index contributed by atoms with van der Waals surface area (Å²) in [6.07, 6.45) is 1.46. The number of ether oxygens (including phenoxy) is 1. The predicted molar refractivity (Wildman–Crippen MR) is 120 cm³/mol. The predicted octanol–water partition coefficient (Wildman–Crippen LogP) is 3.58. The van der Waals surface area contributed by atoms with Crippen molar-refractivity contribution in [2.24, 2.45) is 0 Å². The summed E-state index contributed by atoms with van der Waals surface area (Å²) in [5.41, 5.74) is 0.467. The van der Waals surface area contributed by atoms with E-state index in [1.807, 2.05) is 42.5 Å². The zero-order valence-corrected chi connectivity index (χ0v) is 17.9. The second-order valence-electron chi connectivity index (χ2n) is 6.97. The number of hydrogen-bond donors (Lipinski definition) is 1. The summed E-state index contributed by atoms with van der Waals surface area (Å²) in [5, 5.41) is 5.00. The number of nitrogens with one attached hydrogen (secondary N) is 1.